The highest BCUT2D eigenvalue weighted by molar-refractivity contribution is 9.10. The molecule has 1 heterocycles. The van der Waals surface area contributed by atoms with Gasteiger partial charge in [-0.25, -0.2) is 4.98 Å². The van der Waals surface area contributed by atoms with E-state index in [4.69, 9.17) is 21.7 Å². The van der Waals surface area contributed by atoms with Crippen LogP contribution in [0.2, 0.25) is 0 Å². The first-order chi connectivity index (χ1) is 13.5. The summed E-state index contributed by atoms with van der Waals surface area (Å²) in [4.78, 5) is 16.4. The predicted molar refractivity (Wildman–Crippen MR) is 118 cm³/mol. The van der Waals surface area contributed by atoms with Crippen molar-refractivity contribution in [3.63, 3.8) is 0 Å². The van der Waals surface area contributed by atoms with Gasteiger partial charge in [-0.15, -0.1) is 11.3 Å². The molecule has 2 N–H and O–H groups in total. The zero-order valence-corrected chi connectivity index (χ0v) is 18.0. The fourth-order valence-electron chi connectivity index (χ4n) is 2.25. The fourth-order valence-corrected chi connectivity index (χ4v) is 3.79. The molecular formula is C19H16BrN3O3S2. The van der Waals surface area contributed by atoms with E-state index in [1.54, 1.807) is 19.2 Å². The van der Waals surface area contributed by atoms with Crippen molar-refractivity contribution in [2.24, 2.45) is 0 Å². The Labute approximate surface area is 180 Å². The molecule has 6 nitrogen and oxygen atoms in total. The number of ether oxygens (including phenoxy) is 2. The molecule has 0 radical (unpaired) electrons. The van der Waals surface area contributed by atoms with Gasteiger partial charge < -0.3 is 14.8 Å². The third-order valence-corrected chi connectivity index (χ3v) is 5.12. The topological polar surface area (TPSA) is 72.5 Å². The highest BCUT2D eigenvalue weighted by Crippen LogP contribution is 2.31. The van der Waals surface area contributed by atoms with Crippen molar-refractivity contribution >= 4 is 55.6 Å². The van der Waals surface area contributed by atoms with Crippen molar-refractivity contribution in [3.8, 4) is 22.8 Å². The van der Waals surface area contributed by atoms with Crippen LogP contribution in [0, 0.1) is 0 Å². The number of nitrogens with one attached hydrogen (secondary N) is 2. The van der Waals surface area contributed by atoms with Gasteiger partial charge in [-0.05, 0) is 58.5 Å². The number of anilines is 1. The normalized spacial score (nSPS) is 10.2. The molecule has 28 heavy (non-hydrogen) atoms. The minimum atomic E-state index is -0.350. The number of methoxy groups -OCH3 is 1. The number of hydrogen-bond acceptors (Lipinski definition) is 6. The van der Waals surface area contributed by atoms with Crippen molar-refractivity contribution in [2.75, 3.05) is 19.0 Å². The van der Waals surface area contributed by atoms with Gasteiger partial charge in [0.05, 0.1) is 17.3 Å². The van der Waals surface area contributed by atoms with Crippen LogP contribution >= 0.6 is 39.5 Å². The van der Waals surface area contributed by atoms with Crippen molar-refractivity contribution in [2.45, 2.75) is 0 Å². The van der Waals surface area contributed by atoms with Crippen LogP contribution in [0.3, 0.4) is 0 Å². The van der Waals surface area contributed by atoms with E-state index in [0.717, 1.165) is 21.5 Å². The van der Waals surface area contributed by atoms with Crippen LogP contribution in [0.15, 0.2) is 58.4 Å². The summed E-state index contributed by atoms with van der Waals surface area (Å²) in [6.45, 7) is -0.130. The van der Waals surface area contributed by atoms with Gasteiger partial charge in [0.15, 0.2) is 16.9 Å². The number of amides is 1. The second-order valence-electron chi connectivity index (χ2n) is 5.49. The maximum absolute atomic E-state index is 11.9. The van der Waals surface area contributed by atoms with E-state index in [1.807, 2.05) is 41.8 Å². The maximum atomic E-state index is 11.9. The van der Waals surface area contributed by atoms with Gasteiger partial charge in [-0.3, -0.25) is 10.1 Å². The summed E-state index contributed by atoms with van der Waals surface area (Å²) in [5, 5.41) is 8.13. The number of carbonyl (C=O) groups excluding carboxylic acids is 1. The standard InChI is InChI=1S/C19H16BrN3O3S2/c1-25-16-8-7-12(9-14(16)20)15-11-28-19(21-15)23-18(27)22-17(24)10-26-13-5-3-2-4-6-13/h2-9,11H,10H2,1H3,(H2,21,22,23,24,27). The van der Waals surface area contributed by atoms with E-state index in [2.05, 4.69) is 31.5 Å². The number of para-hydroxylation sites is 1. The first kappa shape index (κ1) is 20.2. The van der Waals surface area contributed by atoms with E-state index in [1.165, 1.54) is 11.3 Å². The van der Waals surface area contributed by atoms with Crippen molar-refractivity contribution in [1.82, 2.24) is 10.3 Å². The molecule has 0 unspecified atom stereocenters. The van der Waals surface area contributed by atoms with Gasteiger partial charge in [-0.1, -0.05) is 18.2 Å². The summed E-state index contributed by atoms with van der Waals surface area (Å²) in [6.07, 6.45) is 0. The largest absolute Gasteiger partial charge is 0.496 e. The molecule has 1 amide bonds. The van der Waals surface area contributed by atoms with Gasteiger partial charge in [0.1, 0.15) is 11.5 Å². The van der Waals surface area contributed by atoms with Crippen LogP contribution in [0.4, 0.5) is 5.13 Å². The van der Waals surface area contributed by atoms with E-state index in [0.29, 0.717) is 10.9 Å². The molecule has 0 saturated carbocycles. The lowest BCUT2D eigenvalue weighted by Gasteiger charge is -2.08. The molecule has 3 aromatic rings. The van der Waals surface area contributed by atoms with Gasteiger partial charge in [0, 0.05) is 10.9 Å². The number of aromatic nitrogens is 1. The Bertz CT molecular complexity index is 980. The summed E-state index contributed by atoms with van der Waals surface area (Å²) in [6, 6.07) is 14.8. The van der Waals surface area contributed by atoms with Crippen molar-refractivity contribution in [3.05, 3.63) is 58.4 Å². The highest BCUT2D eigenvalue weighted by Gasteiger charge is 2.10. The van der Waals surface area contributed by atoms with Crippen LogP contribution in [0.5, 0.6) is 11.5 Å². The molecule has 3 rings (SSSR count). The predicted octanol–water partition coefficient (Wildman–Crippen LogP) is 4.47. The van der Waals surface area contributed by atoms with Crippen LogP contribution in [-0.2, 0) is 4.79 Å². The molecule has 9 heteroatoms. The van der Waals surface area contributed by atoms with E-state index >= 15 is 0 Å². The van der Waals surface area contributed by atoms with Crippen LogP contribution < -0.4 is 20.1 Å². The van der Waals surface area contributed by atoms with Gasteiger partial charge in [-0.2, -0.15) is 0 Å². The Hall–Kier alpha value is -2.49. The molecule has 0 saturated heterocycles. The van der Waals surface area contributed by atoms with Gasteiger partial charge in [0.2, 0.25) is 0 Å². The number of carbonyl (C=O) groups is 1. The Morgan fingerprint density at radius 2 is 2.04 bits per heavy atom. The zero-order valence-electron chi connectivity index (χ0n) is 14.8. The summed E-state index contributed by atoms with van der Waals surface area (Å²) in [5.74, 6) is 1.02. The number of nitrogens with zero attached hydrogens (tertiary/aromatic N) is 1. The third-order valence-electron chi connectivity index (χ3n) is 3.54. The lowest BCUT2D eigenvalue weighted by atomic mass is 10.2. The highest BCUT2D eigenvalue weighted by atomic mass is 79.9. The van der Waals surface area contributed by atoms with E-state index in [9.17, 15) is 4.79 Å². The zero-order chi connectivity index (χ0) is 19.9. The number of thiocarbonyl (C=S) groups is 1. The molecule has 0 spiro atoms. The van der Waals surface area contributed by atoms with Gasteiger partial charge >= 0.3 is 0 Å². The Morgan fingerprint density at radius 1 is 1.25 bits per heavy atom. The summed E-state index contributed by atoms with van der Waals surface area (Å²) in [5.41, 5.74) is 1.72. The Morgan fingerprint density at radius 3 is 2.75 bits per heavy atom. The second kappa shape index (κ2) is 9.63. The average Bonchev–Trinajstić information content (AvgIpc) is 3.15. The Balaban J connectivity index is 1.53. The summed E-state index contributed by atoms with van der Waals surface area (Å²) >= 11 is 10.0. The minimum Gasteiger partial charge on any atom is -0.496 e. The molecule has 0 bridgehead atoms. The first-order valence-corrected chi connectivity index (χ1v) is 10.2. The molecular weight excluding hydrogens is 462 g/mol. The first-order valence-electron chi connectivity index (χ1n) is 8.13. The van der Waals surface area contributed by atoms with Crippen molar-refractivity contribution in [1.29, 1.82) is 0 Å². The molecule has 0 aliphatic carbocycles. The molecule has 2 aromatic carbocycles. The number of hydrogen-bond donors (Lipinski definition) is 2. The minimum absolute atomic E-state index is 0.130. The fraction of sp³-hybridized carbons (Fsp3) is 0.105. The van der Waals surface area contributed by atoms with Crippen molar-refractivity contribution < 1.29 is 14.3 Å². The monoisotopic (exact) mass is 477 g/mol. The molecule has 0 atom stereocenters. The number of halogens is 1. The second-order valence-corrected chi connectivity index (χ2v) is 7.61. The quantitative estimate of drug-likeness (QED) is 0.510. The number of benzene rings is 2. The molecule has 0 fully saturated rings. The SMILES string of the molecule is COc1ccc(-c2csc(NC(=S)NC(=O)COc3ccccc3)n2)cc1Br. The molecule has 0 aliphatic rings. The van der Waals surface area contributed by atoms with E-state index < -0.39 is 0 Å². The lowest BCUT2D eigenvalue weighted by Crippen LogP contribution is -2.37. The van der Waals surface area contributed by atoms with Crippen LogP contribution in [0.25, 0.3) is 11.3 Å². The molecule has 1 aromatic heterocycles. The average molecular weight is 478 g/mol. The lowest BCUT2D eigenvalue weighted by molar-refractivity contribution is -0.121. The number of rotatable bonds is 6. The maximum Gasteiger partial charge on any atom is 0.264 e. The van der Waals surface area contributed by atoms with Crippen LogP contribution in [-0.4, -0.2) is 29.7 Å². The summed E-state index contributed by atoms with van der Waals surface area (Å²) < 4.78 is 11.5. The summed E-state index contributed by atoms with van der Waals surface area (Å²) in [7, 11) is 1.62. The Kier molecular flexibility index (Phi) is 6.96. The van der Waals surface area contributed by atoms with E-state index in [-0.39, 0.29) is 17.6 Å². The van der Waals surface area contributed by atoms with Gasteiger partial charge in [0.25, 0.3) is 5.91 Å². The molecule has 144 valence electrons. The smallest absolute Gasteiger partial charge is 0.264 e. The number of thiazole rings is 1. The van der Waals surface area contributed by atoms with Crippen LogP contribution in [0.1, 0.15) is 0 Å². The third kappa shape index (κ3) is 5.51. The molecule has 0 aliphatic heterocycles.